The first-order chi connectivity index (χ1) is 16.0. The fourth-order valence-corrected chi connectivity index (χ4v) is 5.48. The maximum atomic E-state index is 14.2. The summed E-state index contributed by atoms with van der Waals surface area (Å²) in [5, 5.41) is 0.369. The number of rotatable bonds is 9. The van der Waals surface area contributed by atoms with Crippen molar-refractivity contribution in [3.05, 3.63) is 53.8 Å². The molecule has 0 atom stereocenters. The summed E-state index contributed by atoms with van der Waals surface area (Å²) in [6.07, 6.45) is 0.968. The fraction of sp³-hybridized carbons (Fsp3) is 0.391. The summed E-state index contributed by atoms with van der Waals surface area (Å²) < 4.78 is 46.7. The van der Waals surface area contributed by atoms with Crippen LogP contribution in [0.4, 0.5) is 18.3 Å². The molecular formula is C23H25ClF3N3O2S2. The number of morpholine rings is 1. The van der Waals surface area contributed by atoms with Crippen LogP contribution in [-0.2, 0) is 9.53 Å². The van der Waals surface area contributed by atoms with Crippen molar-refractivity contribution in [2.45, 2.75) is 17.7 Å². The number of halogens is 4. The number of thioether (sulfide) groups is 1. The lowest BCUT2D eigenvalue weighted by atomic mass is 10.3. The third-order valence-electron chi connectivity index (χ3n) is 5.29. The first-order valence-electron chi connectivity index (χ1n) is 10.7. The molecular weight excluding hydrogens is 507 g/mol. The quantitative estimate of drug-likeness (QED) is 0.347. The lowest BCUT2D eigenvalue weighted by Crippen LogP contribution is -2.39. The van der Waals surface area contributed by atoms with Crippen molar-refractivity contribution in [2.75, 3.05) is 50.0 Å². The summed E-state index contributed by atoms with van der Waals surface area (Å²) in [6.45, 7) is 4.35. The average Bonchev–Trinajstić information content (AvgIpc) is 3.22. The van der Waals surface area contributed by atoms with Gasteiger partial charge in [0.25, 0.3) is 0 Å². The predicted octanol–water partition coefficient (Wildman–Crippen LogP) is 5.37. The van der Waals surface area contributed by atoms with Crippen LogP contribution in [0.2, 0.25) is 0 Å². The van der Waals surface area contributed by atoms with Crippen LogP contribution < -0.4 is 4.90 Å². The highest BCUT2D eigenvalue weighted by Crippen LogP contribution is 2.32. The lowest BCUT2D eigenvalue weighted by molar-refractivity contribution is -0.118. The SMILES string of the molecule is Cl.O=C(CCSc1ccc(F)cc1)N(CCCN1CCOCC1)c1nc2c(F)cc(F)cc2s1. The van der Waals surface area contributed by atoms with E-state index in [2.05, 4.69) is 9.88 Å². The number of benzene rings is 2. The normalized spacial score (nSPS) is 14.2. The number of anilines is 1. The number of nitrogens with zero attached hydrogens (tertiary/aromatic N) is 3. The van der Waals surface area contributed by atoms with E-state index in [4.69, 9.17) is 4.74 Å². The maximum Gasteiger partial charge on any atom is 0.229 e. The van der Waals surface area contributed by atoms with Crippen LogP contribution in [-0.4, -0.2) is 60.9 Å². The van der Waals surface area contributed by atoms with Gasteiger partial charge in [-0.2, -0.15) is 0 Å². The van der Waals surface area contributed by atoms with Gasteiger partial charge in [0.2, 0.25) is 5.91 Å². The van der Waals surface area contributed by atoms with E-state index in [0.29, 0.717) is 35.3 Å². The minimum absolute atomic E-state index is 0. The van der Waals surface area contributed by atoms with Gasteiger partial charge < -0.3 is 4.74 Å². The van der Waals surface area contributed by atoms with Gasteiger partial charge in [-0.25, -0.2) is 18.2 Å². The van der Waals surface area contributed by atoms with E-state index >= 15 is 0 Å². The van der Waals surface area contributed by atoms with Crippen LogP contribution in [0.5, 0.6) is 0 Å². The van der Waals surface area contributed by atoms with Crippen molar-refractivity contribution in [1.82, 2.24) is 9.88 Å². The minimum atomic E-state index is -0.736. The molecule has 1 aromatic heterocycles. The van der Waals surface area contributed by atoms with Crippen molar-refractivity contribution in [1.29, 1.82) is 0 Å². The monoisotopic (exact) mass is 531 g/mol. The number of fused-ring (bicyclic) bond motifs is 1. The molecule has 0 bridgehead atoms. The molecule has 2 aromatic carbocycles. The lowest BCUT2D eigenvalue weighted by Gasteiger charge is -2.27. The Morgan fingerprint density at radius 3 is 2.59 bits per heavy atom. The van der Waals surface area contributed by atoms with Gasteiger partial charge >= 0.3 is 0 Å². The summed E-state index contributed by atoms with van der Waals surface area (Å²) in [4.78, 5) is 22.2. The second-order valence-corrected chi connectivity index (χ2v) is 9.81. The van der Waals surface area contributed by atoms with E-state index in [1.165, 1.54) is 30.0 Å². The number of hydrogen-bond donors (Lipinski definition) is 0. The van der Waals surface area contributed by atoms with Crippen LogP contribution in [0.25, 0.3) is 10.2 Å². The number of ether oxygens (including phenoxy) is 1. The summed E-state index contributed by atoms with van der Waals surface area (Å²) >= 11 is 2.57. The van der Waals surface area contributed by atoms with Crippen LogP contribution in [0.15, 0.2) is 41.3 Å². The van der Waals surface area contributed by atoms with E-state index in [1.807, 2.05) is 0 Å². The van der Waals surface area contributed by atoms with Crippen LogP contribution in [0.3, 0.4) is 0 Å². The highest BCUT2D eigenvalue weighted by atomic mass is 35.5. The molecule has 0 saturated carbocycles. The van der Waals surface area contributed by atoms with E-state index in [-0.39, 0.29) is 36.1 Å². The molecule has 0 radical (unpaired) electrons. The van der Waals surface area contributed by atoms with Crippen molar-refractivity contribution >= 4 is 56.8 Å². The molecule has 1 amide bonds. The molecule has 34 heavy (non-hydrogen) atoms. The smallest absolute Gasteiger partial charge is 0.229 e. The van der Waals surface area contributed by atoms with Crippen LogP contribution in [0, 0.1) is 17.5 Å². The summed E-state index contributed by atoms with van der Waals surface area (Å²) in [7, 11) is 0. The second-order valence-electron chi connectivity index (χ2n) is 7.64. The van der Waals surface area contributed by atoms with Gasteiger partial charge in [0.15, 0.2) is 10.9 Å². The average molecular weight is 532 g/mol. The van der Waals surface area contributed by atoms with Gasteiger partial charge in [0.1, 0.15) is 17.2 Å². The summed E-state index contributed by atoms with van der Waals surface area (Å²) in [6, 6.07) is 8.16. The standard InChI is InChI=1S/C23H24F3N3O2S2.ClH/c24-16-2-4-18(5-3-16)32-13-6-21(30)29(8-1-7-28-9-11-31-12-10-28)23-27-22-19(26)14-17(25)15-20(22)33-23;/h2-5,14-15H,1,6-13H2;1H. The van der Waals surface area contributed by atoms with Crippen LogP contribution in [0.1, 0.15) is 12.8 Å². The van der Waals surface area contributed by atoms with Gasteiger partial charge in [-0.1, -0.05) is 11.3 Å². The van der Waals surface area contributed by atoms with Crippen LogP contribution >= 0.6 is 35.5 Å². The van der Waals surface area contributed by atoms with E-state index in [9.17, 15) is 18.0 Å². The molecule has 1 saturated heterocycles. The van der Waals surface area contributed by atoms with E-state index < -0.39 is 11.6 Å². The Kier molecular flexibility index (Phi) is 10.0. The molecule has 1 aliphatic rings. The molecule has 3 aromatic rings. The van der Waals surface area contributed by atoms with Crippen molar-refractivity contribution in [2.24, 2.45) is 0 Å². The minimum Gasteiger partial charge on any atom is -0.379 e. The van der Waals surface area contributed by atoms with Gasteiger partial charge in [0.05, 0.1) is 17.9 Å². The highest BCUT2D eigenvalue weighted by molar-refractivity contribution is 7.99. The molecule has 4 rings (SSSR count). The highest BCUT2D eigenvalue weighted by Gasteiger charge is 2.22. The third kappa shape index (κ3) is 7.08. The third-order valence-corrected chi connectivity index (χ3v) is 7.33. The molecule has 0 spiro atoms. The summed E-state index contributed by atoms with van der Waals surface area (Å²) in [5.74, 6) is -1.33. The zero-order valence-electron chi connectivity index (χ0n) is 18.3. The molecule has 0 aliphatic carbocycles. The fourth-order valence-electron chi connectivity index (χ4n) is 3.59. The Hall–Kier alpha value is -1.85. The van der Waals surface area contributed by atoms with Gasteiger partial charge in [0, 0.05) is 49.3 Å². The number of thiazole rings is 1. The Bertz CT molecular complexity index is 1100. The molecule has 1 fully saturated rings. The Labute approximate surface area is 210 Å². The van der Waals surface area contributed by atoms with E-state index in [1.54, 1.807) is 17.0 Å². The molecule has 2 heterocycles. The first kappa shape index (κ1) is 26.7. The number of aromatic nitrogens is 1. The zero-order chi connectivity index (χ0) is 23.2. The van der Waals surface area contributed by atoms with E-state index in [0.717, 1.165) is 48.4 Å². The molecule has 1 aliphatic heterocycles. The first-order valence-corrected chi connectivity index (χ1v) is 12.5. The molecule has 0 N–H and O–H groups in total. The number of carbonyl (C=O) groups is 1. The van der Waals surface area contributed by atoms with Crippen molar-refractivity contribution in [3.8, 4) is 0 Å². The van der Waals surface area contributed by atoms with Gasteiger partial charge in [-0.3, -0.25) is 14.6 Å². The second kappa shape index (κ2) is 12.7. The topological polar surface area (TPSA) is 45.7 Å². The zero-order valence-corrected chi connectivity index (χ0v) is 20.8. The van der Waals surface area contributed by atoms with Gasteiger partial charge in [-0.05, 0) is 36.8 Å². The van der Waals surface area contributed by atoms with Crippen molar-refractivity contribution < 1.29 is 22.7 Å². The number of amides is 1. The Morgan fingerprint density at radius 2 is 1.85 bits per heavy atom. The molecule has 184 valence electrons. The number of carbonyl (C=O) groups excluding carboxylic acids is 1. The summed E-state index contributed by atoms with van der Waals surface area (Å²) in [5.41, 5.74) is 0.0723. The molecule has 5 nitrogen and oxygen atoms in total. The number of hydrogen-bond acceptors (Lipinski definition) is 6. The molecule has 0 unspecified atom stereocenters. The predicted molar refractivity (Wildman–Crippen MR) is 133 cm³/mol. The Morgan fingerprint density at radius 1 is 1.12 bits per heavy atom. The van der Waals surface area contributed by atoms with Crippen molar-refractivity contribution in [3.63, 3.8) is 0 Å². The Balaban J connectivity index is 0.00000324. The largest absolute Gasteiger partial charge is 0.379 e. The maximum absolute atomic E-state index is 14.2. The van der Waals surface area contributed by atoms with Gasteiger partial charge in [-0.15, -0.1) is 24.2 Å². The molecule has 11 heteroatoms.